The van der Waals surface area contributed by atoms with Crippen LogP contribution in [-0.2, 0) is 4.84 Å². The second-order valence-electron chi connectivity index (χ2n) is 6.42. The van der Waals surface area contributed by atoms with Crippen molar-refractivity contribution in [2.24, 2.45) is 5.16 Å². The summed E-state index contributed by atoms with van der Waals surface area (Å²) >= 11 is 1.84. The van der Waals surface area contributed by atoms with Gasteiger partial charge < -0.3 is 14.6 Å². The van der Waals surface area contributed by atoms with Crippen LogP contribution in [0.25, 0.3) is 0 Å². The van der Waals surface area contributed by atoms with E-state index in [4.69, 9.17) is 4.84 Å². The van der Waals surface area contributed by atoms with Gasteiger partial charge in [-0.1, -0.05) is 35.1 Å². The number of benzene rings is 2. The molecule has 1 heterocycles. The molecule has 2 aromatic carbocycles. The van der Waals surface area contributed by atoms with Crippen molar-refractivity contribution in [1.29, 1.82) is 0 Å². The average molecular weight is 356 g/mol. The molecular formula is C20H25N3OS. The van der Waals surface area contributed by atoms with Crippen LogP contribution < -0.4 is 4.90 Å². The fourth-order valence-electron chi connectivity index (χ4n) is 3.03. The Balaban J connectivity index is 1.98. The van der Waals surface area contributed by atoms with E-state index in [9.17, 15) is 0 Å². The molecule has 0 aliphatic carbocycles. The fourth-order valence-corrected chi connectivity index (χ4v) is 4.11. The van der Waals surface area contributed by atoms with Crippen LogP contribution in [0.5, 0.6) is 0 Å². The molecule has 0 saturated carbocycles. The van der Waals surface area contributed by atoms with Crippen LogP contribution in [0.3, 0.4) is 0 Å². The van der Waals surface area contributed by atoms with E-state index < -0.39 is 0 Å². The first-order chi connectivity index (χ1) is 12.1. The summed E-state index contributed by atoms with van der Waals surface area (Å²) in [5.74, 6) is 0. The molecule has 0 aromatic heterocycles. The van der Waals surface area contributed by atoms with Gasteiger partial charge in [0.1, 0.15) is 7.11 Å². The average Bonchev–Trinajstić information content (AvgIpc) is 2.60. The third-order valence-electron chi connectivity index (χ3n) is 4.26. The van der Waals surface area contributed by atoms with Crippen LogP contribution in [0.4, 0.5) is 11.4 Å². The molecule has 4 nitrogen and oxygen atoms in total. The third-order valence-corrected chi connectivity index (χ3v) is 5.39. The van der Waals surface area contributed by atoms with Crippen molar-refractivity contribution in [3.63, 3.8) is 0 Å². The number of hydrogen-bond acceptors (Lipinski definition) is 5. The quantitative estimate of drug-likeness (QED) is 0.559. The lowest BCUT2D eigenvalue weighted by Crippen LogP contribution is -2.25. The van der Waals surface area contributed by atoms with Crippen LogP contribution >= 0.6 is 11.8 Å². The molecule has 1 aliphatic rings. The summed E-state index contributed by atoms with van der Waals surface area (Å²) < 4.78 is 0. The predicted molar refractivity (Wildman–Crippen MR) is 106 cm³/mol. The van der Waals surface area contributed by atoms with Gasteiger partial charge in [0, 0.05) is 21.9 Å². The molecule has 0 saturated heterocycles. The van der Waals surface area contributed by atoms with Crippen molar-refractivity contribution in [1.82, 2.24) is 4.90 Å². The summed E-state index contributed by atoms with van der Waals surface area (Å²) in [5.41, 5.74) is 4.53. The smallest absolute Gasteiger partial charge is 0.106 e. The number of anilines is 2. The van der Waals surface area contributed by atoms with Gasteiger partial charge in [0.25, 0.3) is 0 Å². The molecule has 0 unspecified atom stereocenters. The number of rotatable bonds is 6. The number of hydrogen-bond donors (Lipinski definition) is 0. The summed E-state index contributed by atoms with van der Waals surface area (Å²) in [4.78, 5) is 12.2. The Bertz CT molecular complexity index is 773. The maximum Gasteiger partial charge on any atom is 0.106 e. The molecule has 132 valence electrons. The lowest BCUT2D eigenvalue weighted by Gasteiger charge is -2.33. The topological polar surface area (TPSA) is 28.1 Å². The van der Waals surface area contributed by atoms with Crippen molar-refractivity contribution in [3.8, 4) is 0 Å². The second-order valence-corrected chi connectivity index (χ2v) is 7.50. The van der Waals surface area contributed by atoms with Crippen LogP contribution in [0.1, 0.15) is 18.9 Å². The number of para-hydroxylation sites is 1. The number of oxime groups is 1. The van der Waals surface area contributed by atoms with Crippen molar-refractivity contribution in [2.75, 3.05) is 39.2 Å². The minimum atomic E-state index is 0.891. The standard InChI is InChI=1S/C20H25N3OS/c1-15(21-24-4)16-10-11-20-18(14-16)23(13-7-12-22(2)3)17-8-5-6-9-19(17)25-20/h5-6,8-11,14H,7,12-13H2,1-4H3/b21-15-. The van der Waals surface area contributed by atoms with Crippen molar-refractivity contribution < 1.29 is 4.84 Å². The van der Waals surface area contributed by atoms with E-state index in [1.165, 1.54) is 21.2 Å². The highest BCUT2D eigenvalue weighted by Gasteiger charge is 2.23. The van der Waals surface area contributed by atoms with E-state index in [1.54, 1.807) is 7.11 Å². The molecule has 0 amide bonds. The lowest BCUT2D eigenvalue weighted by molar-refractivity contribution is 0.213. The van der Waals surface area contributed by atoms with Gasteiger partial charge in [-0.15, -0.1) is 0 Å². The normalized spacial score (nSPS) is 13.6. The zero-order chi connectivity index (χ0) is 17.8. The summed E-state index contributed by atoms with van der Waals surface area (Å²) in [7, 11) is 5.83. The highest BCUT2D eigenvalue weighted by molar-refractivity contribution is 7.99. The van der Waals surface area contributed by atoms with Gasteiger partial charge in [0.2, 0.25) is 0 Å². The summed E-state index contributed by atoms with van der Waals surface area (Å²) in [5, 5.41) is 4.08. The molecule has 0 fully saturated rings. The Hall–Kier alpha value is -1.98. The molecule has 0 bridgehead atoms. The maximum absolute atomic E-state index is 4.94. The van der Waals surface area contributed by atoms with E-state index in [-0.39, 0.29) is 0 Å². The molecule has 0 spiro atoms. The van der Waals surface area contributed by atoms with E-state index >= 15 is 0 Å². The summed E-state index contributed by atoms with van der Waals surface area (Å²) in [6.45, 7) is 4.04. The van der Waals surface area contributed by atoms with E-state index in [0.717, 1.165) is 30.8 Å². The van der Waals surface area contributed by atoms with Crippen LogP contribution in [-0.4, -0.2) is 44.9 Å². The van der Waals surface area contributed by atoms with Gasteiger partial charge in [-0.3, -0.25) is 0 Å². The molecule has 2 aromatic rings. The van der Waals surface area contributed by atoms with E-state index in [2.05, 4.69) is 71.5 Å². The Morgan fingerprint density at radius 3 is 2.64 bits per heavy atom. The summed E-state index contributed by atoms with van der Waals surface area (Å²) in [6.07, 6.45) is 1.11. The molecule has 0 radical (unpaired) electrons. The second kappa shape index (κ2) is 7.93. The van der Waals surface area contributed by atoms with Crippen LogP contribution in [0.2, 0.25) is 0 Å². The van der Waals surface area contributed by atoms with Gasteiger partial charge in [0.05, 0.1) is 17.1 Å². The van der Waals surface area contributed by atoms with Gasteiger partial charge in [0.15, 0.2) is 0 Å². The molecule has 1 aliphatic heterocycles. The first-order valence-electron chi connectivity index (χ1n) is 8.51. The minimum absolute atomic E-state index is 0.891. The molecule has 0 atom stereocenters. The minimum Gasteiger partial charge on any atom is -0.399 e. The van der Waals surface area contributed by atoms with Crippen LogP contribution in [0.15, 0.2) is 57.4 Å². The van der Waals surface area contributed by atoms with Crippen LogP contribution in [0, 0.1) is 0 Å². The van der Waals surface area contributed by atoms with Gasteiger partial charge in [-0.05, 0) is 58.3 Å². The first kappa shape index (κ1) is 17.8. The van der Waals surface area contributed by atoms with E-state index in [0.29, 0.717) is 0 Å². The molecular weight excluding hydrogens is 330 g/mol. The van der Waals surface area contributed by atoms with Gasteiger partial charge in [-0.2, -0.15) is 0 Å². The molecule has 0 N–H and O–H groups in total. The predicted octanol–water partition coefficient (Wildman–Crippen LogP) is 4.61. The molecule has 3 rings (SSSR count). The van der Waals surface area contributed by atoms with Gasteiger partial charge >= 0.3 is 0 Å². The monoisotopic (exact) mass is 355 g/mol. The highest BCUT2D eigenvalue weighted by atomic mass is 32.2. The Kier molecular flexibility index (Phi) is 5.66. The van der Waals surface area contributed by atoms with Crippen molar-refractivity contribution in [2.45, 2.75) is 23.1 Å². The number of fused-ring (bicyclic) bond motifs is 2. The Morgan fingerprint density at radius 1 is 1.12 bits per heavy atom. The lowest BCUT2D eigenvalue weighted by atomic mass is 10.1. The fraction of sp³-hybridized carbons (Fsp3) is 0.350. The number of nitrogens with zero attached hydrogens (tertiary/aromatic N) is 3. The largest absolute Gasteiger partial charge is 0.399 e. The zero-order valence-corrected chi connectivity index (χ0v) is 16.1. The first-order valence-corrected chi connectivity index (χ1v) is 9.33. The third kappa shape index (κ3) is 3.99. The molecule has 5 heteroatoms. The van der Waals surface area contributed by atoms with E-state index in [1.807, 2.05) is 18.7 Å². The Labute approximate surface area is 154 Å². The Morgan fingerprint density at radius 2 is 1.88 bits per heavy atom. The van der Waals surface area contributed by atoms with Gasteiger partial charge in [-0.25, -0.2) is 0 Å². The van der Waals surface area contributed by atoms with Crippen molar-refractivity contribution >= 4 is 28.8 Å². The maximum atomic E-state index is 4.94. The van der Waals surface area contributed by atoms with Crippen molar-refractivity contribution in [3.05, 3.63) is 48.0 Å². The highest BCUT2D eigenvalue weighted by Crippen LogP contribution is 2.48. The molecule has 25 heavy (non-hydrogen) atoms. The summed E-state index contributed by atoms with van der Waals surface area (Å²) in [6, 6.07) is 15.2. The SMILES string of the molecule is CO/N=C(/C)c1ccc2c(c1)N(CCCN(C)C)c1ccccc1S2. The zero-order valence-electron chi connectivity index (χ0n) is 15.3.